The Hall–Kier alpha value is -1.13. The number of aromatic nitrogens is 1. The second-order valence-corrected chi connectivity index (χ2v) is 3.57. The maximum atomic E-state index is 11.6. The fraction of sp³-hybridized carbons (Fsp3) is 0.545. The SMILES string of the molecule is COCC(C)OCC(=O)c1ccn(C)c1. The number of ketones is 1. The van der Waals surface area contributed by atoms with Crippen LogP contribution in [0.25, 0.3) is 0 Å². The summed E-state index contributed by atoms with van der Waals surface area (Å²) in [5.41, 5.74) is 0.683. The predicted molar refractivity (Wildman–Crippen MR) is 57.0 cm³/mol. The van der Waals surface area contributed by atoms with Crippen LogP contribution in [0.3, 0.4) is 0 Å². The minimum Gasteiger partial charge on any atom is -0.382 e. The second-order valence-electron chi connectivity index (χ2n) is 3.57. The van der Waals surface area contributed by atoms with Crippen LogP contribution in [0.5, 0.6) is 0 Å². The molecule has 0 N–H and O–H groups in total. The van der Waals surface area contributed by atoms with E-state index in [1.165, 1.54) is 0 Å². The van der Waals surface area contributed by atoms with Crippen LogP contribution < -0.4 is 0 Å². The van der Waals surface area contributed by atoms with Crippen LogP contribution in [-0.2, 0) is 16.5 Å². The largest absolute Gasteiger partial charge is 0.382 e. The van der Waals surface area contributed by atoms with Crippen LogP contribution in [0.1, 0.15) is 17.3 Å². The van der Waals surface area contributed by atoms with Gasteiger partial charge < -0.3 is 14.0 Å². The number of Topliss-reactive ketones (excluding diaryl/α,β-unsaturated/α-hetero) is 1. The van der Waals surface area contributed by atoms with Gasteiger partial charge in [0.15, 0.2) is 5.78 Å². The zero-order valence-electron chi connectivity index (χ0n) is 9.40. The Morgan fingerprint density at radius 3 is 2.87 bits per heavy atom. The topological polar surface area (TPSA) is 40.5 Å². The lowest BCUT2D eigenvalue weighted by atomic mass is 10.2. The molecule has 1 aromatic rings. The molecule has 0 saturated heterocycles. The molecule has 1 aromatic heterocycles. The first-order valence-corrected chi connectivity index (χ1v) is 4.89. The standard InChI is InChI=1S/C11H17NO3/c1-9(7-14-3)15-8-11(13)10-4-5-12(2)6-10/h4-6,9H,7-8H2,1-3H3. The van der Waals surface area contributed by atoms with Gasteiger partial charge in [-0.2, -0.15) is 0 Å². The van der Waals surface area contributed by atoms with E-state index in [2.05, 4.69) is 0 Å². The van der Waals surface area contributed by atoms with Crippen LogP contribution in [0, 0.1) is 0 Å². The molecule has 0 saturated carbocycles. The number of ether oxygens (including phenoxy) is 2. The smallest absolute Gasteiger partial charge is 0.189 e. The lowest BCUT2D eigenvalue weighted by Gasteiger charge is -2.10. The summed E-state index contributed by atoms with van der Waals surface area (Å²) in [5.74, 6) is -0.00134. The number of carbonyl (C=O) groups excluding carboxylic acids is 1. The molecule has 0 aliphatic rings. The quantitative estimate of drug-likeness (QED) is 0.665. The van der Waals surface area contributed by atoms with Gasteiger partial charge in [-0.1, -0.05) is 0 Å². The maximum Gasteiger partial charge on any atom is 0.189 e. The van der Waals surface area contributed by atoms with Crippen molar-refractivity contribution in [1.29, 1.82) is 0 Å². The highest BCUT2D eigenvalue weighted by Gasteiger charge is 2.09. The third-order valence-electron chi connectivity index (χ3n) is 2.05. The number of nitrogens with zero attached hydrogens (tertiary/aromatic N) is 1. The van der Waals surface area contributed by atoms with Gasteiger partial charge in [-0.3, -0.25) is 4.79 Å². The number of carbonyl (C=O) groups is 1. The molecule has 4 heteroatoms. The third kappa shape index (κ3) is 3.85. The summed E-state index contributed by atoms with van der Waals surface area (Å²) in [6, 6.07) is 1.78. The molecule has 0 aromatic carbocycles. The van der Waals surface area contributed by atoms with Crippen molar-refractivity contribution in [3.8, 4) is 0 Å². The normalized spacial score (nSPS) is 12.7. The number of hydrogen-bond acceptors (Lipinski definition) is 3. The van der Waals surface area contributed by atoms with E-state index >= 15 is 0 Å². The Morgan fingerprint density at radius 1 is 1.60 bits per heavy atom. The molecular formula is C11H17NO3. The van der Waals surface area contributed by atoms with E-state index in [1.54, 1.807) is 19.4 Å². The molecule has 4 nitrogen and oxygen atoms in total. The van der Waals surface area contributed by atoms with Crippen molar-refractivity contribution in [2.45, 2.75) is 13.0 Å². The molecule has 0 aliphatic carbocycles. The van der Waals surface area contributed by atoms with E-state index in [1.807, 2.05) is 24.7 Å². The Bertz CT molecular complexity index is 319. The van der Waals surface area contributed by atoms with Gasteiger partial charge in [0, 0.05) is 32.1 Å². The molecule has 0 spiro atoms. The van der Waals surface area contributed by atoms with E-state index < -0.39 is 0 Å². The fourth-order valence-corrected chi connectivity index (χ4v) is 1.25. The fourth-order valence-electron chi connectivity index (χ4n) is 1.25. The average Bonchev–Trinajstić information content (AvgIpc) is 2.62. The van der Waals surface area contributed by atoms with E-state index in [0.29, 0.717) is 12.2 Å². The second kappa shape index (κ2) is 5.68. The van der Waals surface area contributed by atoms with Crippen molar-refractivity contribution in [3.63, 3.8) is 0 Å². The van der Waals surface area contributed by atoms with Crippen LogP contribution in [0.4, 0.5) is 0 Å². The Labute approximate surface area is 89.8 Å². The number of aryl methyl sites for hydroxylation is 1. The van der Waals surface area contributed by atoms with Crippen LogP contribution in [0.2, 0.25) is 0 Å². The predicted octanol–water partition coefficient (Wildman–Crippen LogP) is 1.26. The maximum absolute atomic E-state index is 11.6. The Kier molecular flexibility index (Phi) is 4.52. The van der Waals surface area contributed by atoms with Crippen molar-refractivity contribution in [2.24, 2.45) is 7.05 Å². The highest BCUT2D eigenvalue weighted by Crippen LogP contribution is 2.02. The monoisotopic (exact) mass is 211 g/mol. The molecular weight excluding hydrogens is 194 g/mol. The molecule has 0 radical (unpaired) electrons. The van der Waals surface area contributed by atoms with Gasteiger partial charge in [0.05, 0.1) is 12.7 Å². The zero-order valence-corrected chi connectivity index (χ0v) is 9.40. The lowest BCUT2D eigenvalue weighted by Crippen LogP contribution is -2.19. The van der Waals surface area contributed by atoms with Gasteiger partial charge in [0.25, 0.3) is 0 Å². The minimum atomic E-state index is -0.0531. The molecule has 1 unspecified atom stereocenters. The summed E-state index contributed by atoms with van der Waals surface area (Å²) in [7, 11) is 3.49. The van der Waals surface area contributed by atoms with Crippen molar-refractivity contribution in [3.05, 3.63) is 24.0 Å². The van der Waals surface area contributed by atoms with E-state index in [0.717, 1.165) is 0 Å². The van der Waals surface area contributed by atoms with Gasteiger partial charge >= 0.3 is 0 Å². The van der Waals surface area contributed by atoms with Crippen molar-refractivity contribution in [2.75, 3.05) is 20.3 Å². The number of methoxy groups -OCH3 is 1. The van der Waals surface area contributed by atoms with Gasteiger partial charge in [-0.25, -0.2) is 0 Å². The first kappa shape index (κ1) is 11.9. The molecule has 0 bridgehead atoms. The summed E-state index contributed by atoms with van der Waals surface area (Å²) in [6.45, 7) is 2.48. The highest BCUT2D eigenvalue weighted by atomic mass is 16.5. The Balaban J connectivity index is 2.36. The minimum absolute atomic E-state index is 0.00134. The van der Waals surface area contributed by atoms with Crippen LogP contribution in [0.15, 0.2) is 18.5 Å². The highest BCUT2D eigenvalue weighted by molar-refractivity contribution is 5.96. The zero-order chi connectivity index (χ0) is 11.3. The summed E-state index contributed by atoms with van der Waals surface area (Å²) in [4.78, 5) is 11.6. The van der Waals surface area contributed by atoms with Crippen molar-refractivity contribution >= 4 is 5.78 Å². The molecule has 0 aliphatic heterocycles. The van der Waals surface area contributed by atoms with Crippen molar-refractivity contribution < 1.29 is 14.3 Å². The van der Waals surface area contributed by atoms with Gasteiger partial charge in [-0.05, 0) is 13.0 Å². The summed E-state index contributed by atoms with van der Waals surface area (Å²) in [6.07, 6.45) is 3.57. The number of hydrogen-bond donors (Lipinski definition) is 0. The molecule has 84 valence electrons. The molecule has 1 atom stereocenters. The molecule has 0 amide bonds. The molecule has 15 heavy (non-hydrogen) atoms. The molecule has 0 fully saturated rings. The summed E-state index contributed by atoms with van der Waals surface area (Å²) >= 11 is 0. The molecule has 1 heterocycles. The number of rotatable bonds is 6. The summed E-state index contributed by atoms with van der Waals surface area (Å²) < 4.78 is 12.1. The lowest BCUT2D eigenvalue weighted by molar-refractivity contribution is 0.0125. The van der Waals surface area contributed by atoms with Crippen LogP contribution in [-0.4, -0.2) is 36.8 Å². The first-order valence-electron chi connectivity index (χ1n) is 4.89. The molecule has 1 rings (SSSR count). The average molecular weight is 211 g/mol. The first-order chi connectivity index (χ1) is 7.13. The Morgan fingerprint density at radius 2 is 2.33 bits per heavy atom. The van der Waals surface area contributed by atoms with E-state index in [4.69, 9.17) is 9.47 Å². The van der Waals surface area contributed by atoms with Gasteiger partial charge in [0.1, 0.15) is 6.61 Å². The van der Waals surface area contributed by atoms with Gasteiger partial charge in [0.2, 0.25) is 0 Å². The van der Waals surface area contributed by atoms with E-state index in [-0.39, 0.29) is 18.5 Å². The third-order valence-corrected chi connectivity index (χ3v) is 2.05. The van der Waals surface area contributed by atoms with E-state index in [9.17, 15) is 4.79 Å². The van der Waals surface area contributed by atoms with Crippen molar-refractivity contribution in [1.82, 2.24) is 4.57 Å². The summed E-state index contributed by atoms with van der Waals surface area (Å²) in [5, 5.41) is 0. The van der Waals surface area contributed by atoms with Crippen LogP contribution >= 0.6 is 0 Å². The van der Waals surface area contributed by atoms with Gasteiger partial charge in [-0.15, -0.1) is 0 Å².